The van der Waals surface area contributed by atoms with Crippen LogP contribution in [0.15, 0.2) is 84.9 Å². The molecule has 3 rings (SSSR count). The van der Waals surface area contributed by atoms with Gasteiger partial charge in [0.1, 0.15) is 6.04 Å². The van der Waals surface area contributed by atoms with Gasteiger partial charge >= 0.3 is 0 Å². The molecule has 0 bridgehead atoms. The Hall–Kier alpha value is -3.40. The summed E-state index contributed by atoms with van der Waals surface area (Å²) in [5.41, 5.74) is 4.15. The number of nitrogens with one attached hydrogen (secondary N) is 1. The maximum atomic E-state index is 13.6. The summed E-state index contributed by atoms with van der Waals surface area (Å²) in [6, 6.07) is 27.2. The third-order valence-corrected chi connectivity index (χ3v) is 5.94. The highest BCUT2D eigenvalue weighted by molar-refractivity contribution is 5.89. The van der Waals surface area contributed by atoms with Crippen molar-refractivity contribution in [1.29, 1.82) is 0 Å². The summed E-state index contributed by atoms with van der Waals surface area (Å²) in [6.07, 6.45) is 1.56. The van der Waals surface area contributed by atoms with Gasteiger partial charge in [0.2, 0.25) is 11.8 Å². The Bertz CT molecular complexity index is 1020. The molecule has 4 heteroatoms. The number of hydrogen-bond acceptors (Lipinski definition) is 2. The van der Waals surface area contributed by atoms with Gasteiger partial charge in [-0.15, -0.1) is 0 Å². The smallest absolute Gasteiger partial charge is 0.243 e. The molecule has 0 aromatic heterocycles. The van der Waals surface area contributed by atoms with E-state index in [-0.39, 0.29) is 24.3 Å². The largest absolute Gasteiger partial charge is 0.352 e. The first-order valence-corrected chi connectivity index (χ1v) is 11.7. The summed E-state index contributed by atoms with van der Waals surface area (Å²) in [6.45, 7) is 6.46. The van der Waals surface area contributed by atoms with Gasteiger partial charge in [0.15, 0.2) is 0 Å². The number of aryl methyl sites for hydroxylation is 1. The predicted molar refractivity (Wildman–Crippen MR) is 134 cm³/mol. The quantitative estimate of drug-likeness (QED) is 0.475. The number of benzene rings is 3. The molecular formula is C29H34N2O2. The molecule has 33 heavy (non-hydrogen) atoms. The van der Waals surface area contributed by atoms with Gasteiger partial charge in [-0.05, 0) is 37.0 Å². The summed E-state index contributed by atoms with van der Waals surface area (Å²) in [7, 11) is 0. The first-order valence-electron chi connectivity index (χ1n) is 11.7. The topological polar surface area (TPSA) is 49.4 Å². The van der Waals surface area contributed by atoms with Gasteiger partial charge < -0.3 is 10.2 Å². The summed E-state index contributed by atoms with van der Waals surface area (Å²) in [5, 5.41) is 3.11. The third-order valence-electron chi connectivity index (χ3n) is 5.94. The van der Waals surface area contributed by atoms with Crippen LogP contribution < -0.4 is 5.32 Å². The zero-order chi connectivity index (χ0) is 23.6. The highest BCUT2D eigenvalue weighted by atomic mass is 16.2. The van der Waals surface area contributed by atoms with E-state index in [2.05, 4.69) is 5.32 Å². The minimum Gasteiger partial charge on any atom is -0.352 e. The predicted octanol–water partition coefficient (Wildman–Crippen LogP) is 5.09. The SMILES string of the molecule is CC[C@H](C)NC(=O)[C@@H](Cc1ccccc1)N(Cc1ccc(C)cc1)C(=O)Cc1ccccc1. The van der Waals surface area contributed by atoms with Crippen molar-refractivity contribution in [1.82, 2.24) is 10.2 Å². The standard InChI is InChI=1S/C29H34N2O2/c1-4-23(3)30-29(33)27(19-24-11-7-5-8-12-24)31(21-26-17-15-22(2)16-18-26)28(32)20-25-13-9-6-10-14-25/h5-18,23,27H,4,19-21H2,1-3H3,(H,30,33)/t23-,27+/m0/s1. The highest BCUT2D eigenvalue weighted by Crippen LogP contribution is 2.17. The van der Waals surface area contributed by atoms with Gasteiger partial charge in [-0.3, -0.25) is 9.59 Å². The zero-order valence-electron chi connectivity index (χ0n) is 19.8. The lowest BCUT2D eigenvalue weighted by Gasteiger charge is -2.32. The van der Waals surface area contributed by atoms with Crippen LogP contribution in [0, 0.1) is 6.92 Å². The summed E-state index contributed by atoms with van der Waals surface area (Å²) >= 11 is 0. The number of rotatable bonds is 10. The van der Waals surface area contributed by atoms with Crippen LogP contribution in [0.2, 0.25) is 0 Å². The molecule has 0 aliphatic heterocycles. The average Bonchev–Trinajstić information content (AvgIpc) is 2.83. The minimum absolute atomic E-state index is 0.0428. The molecule has 4 nitrogen and oxygen atoms in total. The van der Waals surface area contributed by atoms with Crippen LogP contribution in [0.25, 0.3) is 0 Å². The van der Waals surface area contributed by atoms with Gasteiger partial charge in [0.25, 0.3) is 0 Å². The molecule has 0 unspecified atom stereocenters. The molecule has 0 radical (unpaired) electrons. The molecule has 2 atom stereocenters. The lowest BCUT2D eigenvalue weighted by atomic mass is 10.0. The van der Waals surface area contributed by atoms with E-state index in [9.17, 15) is 9.59 Å². The van der Waals surface area contributed by atoms with Crippen molar-refractivity contribution in [2.75, 3.05) is 0 Å². The second-order valence-electron chi connectivity index (χ2n) is 8.69. The van der Waals surface area contributed by atoms with E-state index in [1.807, 2.05) is 106 Å². The number of carbonyl (C=O) groups excluding carboxylic acids is 2. The molecule has 0 saturated carbocycles. The van der Waals surface area contributed by atoms with Crippen molar-refractivity contribution in [3.8, 4) is 0 Å². The average molecular weight is 443 g/mol. The summed E-state index contributed by atoms with van der Waals surface area (Å²) in [4.78, 5) is 28.8. The Morgan fingerprint density at radius 1 is 0.818 bits per heavy atom. The molecule has 0 spiro atoms. The molecule has 0 fully saturated rings. The molecule has 0 aliphatic rings. The number of nitrogens with zero attached hydrogens (tertiary/aromatic N) is 1. The molecule has 1 N–H and O–H groups in total. The van der Waals surface area contributed by atoms with Crippen molar-refractivity contribution >= 4 is 11.8 Å². The Kier molecular flexibility index (Phi) is 8.82. The Morgan fingerprint density at radius 2 is 1.39 bits per heavy atom. The van der Waals surface area contributed by atoms with Crippen LogP contribution in [0.1, 0.15) is 42.5 Å². The van der Waals surface area contributed by atoms with Crippen LogP contribution in [0.4, 0.5) is 0 Å². The molecule has 3 aromatic rings. The van der Waals surface area contributed by atoms with Crippen LogP contribution in [-0.2, 0) is 29.0 Å². The summed E-state index contributed by atoms with van der Waals surface area (Å²) in [5.74, 6) is -0.163. The van der Waals surface area contributed by atoms with Crippen LogP contribution in [-0.4, -0.2) is 28.8 Å². The molecular weight excluding hydrogens is 408 g/mol. The van der Waals surface area contributed by atoms with Gasteiger partial charge in [-0.2, -0.15) is 0 Å². The van der Waals surface area contributed by atoms with Crippen LogP contribution in [0.5, 0.6) is 0 Å². The number of hydrogen-bond donors (Lipinski definition) is 1. The Labute approximate surface area is 197 Å². The lowest BCUT2D eigenvalue weighted by Crippen LogP contribution is -2.52. The molecule has 3 aromatic carbocycles. The van der Waals surface area contributed by atoms with Crippen molar-refractivity contribution in [2.24, 2.45) is 0 Å². The van der Waals surface area contributed by atoms with E-state index in [4.69, 9.17) is 0 Å². The Morgan fingerprint density at radius 3 is 1.97 bits per heavy atom. The first-order chi connectivity index (χ1) is 16.0. The fraction of sp³-hybridized carbons (Fsp3) is 0.310. The van der Waals surface area contributed by atoms with E-state index in [0.717, 1.165) is 28.7 Å². The van der Waals surface area contributed by atoms with Crippen LogP contribution in [0.3, 0.4) is 0 Å². The van der Waals surface area contributed by atoms with Crippen molar-refractivity contribution in [3.63, 3.8) is 0 Å². The van der Waals surface area contributed by atoms with E-state index < -0.39 is 6.04 Å². The van der Waals surface area contributed by atoms with Crippen molar-refractivity contribution in [2.45, 2.75) is 58.7 Å². The van der Waals surface area contributed by atoms with E-state index in [0.29, 0.717) is 13.0 Å². The number of carbonyl (C=O) groups is 2. The lowest BCUT2D eigenvalue weighted by molar-refractivity contribution is -0.141. The minimum atomic E-state index is -0.598. The van der Waals surface area contributed by atoms with Crippen molar-refractivity contribution in [3.05, 3.63) is 107 Å². The monoisotopic (exact) mass is 442 g/mol. The van der Waals surface area contributed by atoms with E-state index in [1.54, 1.807) is 4.90 Å². The fourth-order valence-corrected chi connectivity index (χ4v) is 3.76. The maximum Gasteiger partial charge on any atom is 0.243 e. The molecule has 2 amide bonds. The first kappa shape index (κ1) is 24.2. The van der Waals surface area contributed by atoms with E-state index >= 15 is 0 Å². The van der Waals surface area contributed by atoms with Crippen molar-refractivity contribution < 1.29 is 9.59 Å². The fourth-order valence-electron chi connectivity index (χ4n) is 3.76. The van der Waals surface area contributed by atoms with E-state index in [1.165, 1.54) is 0 Å². The van der Waals surface area contributed by atoms with Gasteiger partial charge in [0, 0.05) is 19.0 Å². The van der Waals surface area contributed by atoms with Gasteiger partial charge in [-0.25, -0.2) is 0 Å². The summed E-state index contributed by atoms with van der Waals surface area (Å²) < 4.78 is 0. The zero-order valence-corrected chi connectivity index (χ0v) is 19.8. The molecule has 0 aliphatic carbocycles. The second-order valence-corrected chi connectivity index (χ2v) is 8.69. The second kappa shape index (κ2) is 12.0. The molecule has 0 saturated heterocycles. The maximum absolute atomic E-state index is 13.6. The highest BCUT2D eigenvalue weighted by Gasteiger charge is 2.30. The third kappa shape index (κ3) is 7.31. The number of amides is 2. The molecule has 172 valence electrons. The van der Waals surface area contributed by atoms with Gasteiger partial charge in [0.05, 0.1) is 6.42 Å². The normalized spacial score (nSPS) is 12.6. The molecule has 0 heterocycles. The van der Waals surface area contributed by atoms with Crippen LogP contribution >= 0.6 is 0 Å². The Balaban J connectivity index is 1.95. The van der Waals surface area contributed by atoms with Gasteiger partial charge in [-0.1, -0.05) is 97.4 Å².